The van der Waals surface area contributed by atoms with Gasteiger partial charge in [-0.2, -0.15) is 0 Å². The predicted molar refractivity (Wildman–Crippen MR) is 82.3 cm³/mol. The fourth-order valence-electron chi connectivity index (χ4n) is 2.13. The molecule has 0 fully saturated rings. The van der Waals surface area contributed by atoms with Gasteiger partial charge in [-0.3, -0.25) is 0 Å². The van der Waals surface area contributed by atoms with Crippen LogP contribution < -0.4 is 10.1 Å². The molecule has 106 valence electrons. The molecule has 1 atom stereocenters. The SMILES string of the molecule is CNC(C)c1cccnc1Oc1ccccc1C(C)C. The number of hydrogen-bond acceptors (Lipinski definition) is 3. The Balaban J connectivity index is 2.36. The van der Waals surface area contributed by atoms with Crippen molar-refractivity contribution in [3.63, 3.8) is 0 Å². The molecular formula is C17H22N2O. The summed E-state index contributed by atoms with van der Waals surface area (Å²) in [4.78, 5) is 4.38. The topological polar surface area (TPSA) is 34.2 Å². The highest BCUT2D eigenvalue weighted by molar-refractivity contribution is 5.40. The minimum Gasteiger partial charge on any atom is -0.438 e. The van der Waals surface area contributed by atoms with Gasteiger partial charge < -0.3 is 10.1 Å². The molecule has 1 N–H and O–H groups in total. The second-order valence-electron chi connectivity index (χ2n) is 5.20. The molecule has 0 radical (unpaired) electrons. The van der Waals surface area contributed by atoms with E-state index in [-0.39, 0.29) is 6.04 Å². The zero-order valence-electron chi connectivity index (χ0n) is 12.6. The number of benzene rings is 1. The van der Waals surface area contributed by atoms with Crippen molar-refractivity contribution in [3.8, 4) is 11.6 Å². The number of aromatic nitrogens is 1. The summed E-state index contributed by atoms with van der Waals surface area (Å²) >= 11 is 0. The first-order chi connectivity index (χ1) is 9.63. The summed E-state index contributed by atoms with van der Waals surface area (Å²) in [5.41, 5.74) is 2.26. The summed E-state index contributed by atoms with van der Waals surface area (Å²) in [6.45, 7) is 6.42. The van der Waals surface area contributed by atoms with Crippen LogP contribution in [-0.4, -0.2) is 12.0 Å². The quantitative estimate of drug-likeness (QED) is 0.880. The van der Waals surface area contributed by atoms with Crippen LogP contribution in [0.1, 0.15) is 43.9 Å². The molecule has 0 aliphatic rings. The van der Waals surface area contributed by atoms with E-state index in [4.69, 9.17) is 4.74 Å². The number of para-hydroxylation sites is 1. The largest absolute Gasteiger partial charge is 0.438 e. The van der Waals surface area contributed by atoms with Gasteiger partial charge in [-0.25, -0.2) is 4.98 Å². The Morgan fingerprint density at radius 3 is 2.40 bits per heavy atom. The van der Waals surface area contributed by atoms with Gasteiger partial charge in [0.15, 0.2) is 0 Å². The van der Waals surface area contributed by atoms with E-state index in [0.29, 0.717) is 11.8 Å². The molecule has 0 saturated carbocycles. The molecular weight excluding hydrogens is 248 g/mol. The molecule has 0 bridgehead atoms. The van der Waals surface area contributed by atoms with E-state index in [2.05, 4.69) is 37.1 Å². The van der Waals surface area contributed by atoms with Crippen LogP contribution in [0.25, 0.3) is 0 Å². The number of hydrogen-bond donors (Lipinski definition) is 1. The zero-order chi connectivity index (χ0) is 14.5. The fourth-order valence-corrected chi connectivity index (χ4v) is 2.13. The van der Waals surface area contributed by atoms with E-state index in [1.54, 1.807) is 6.20 Å². The average molecular weight is 270 g/mol. The molecule has 0 aliphatic carbocycles. The second-order valence-corrected chi connectivity index (χ2v) is 5.20. The molecule has 20 heavy (non-hydrogen) atoms. The average Bonchev–Trinajstić information content (AvgIpc) is 2.47. The Kier molecular flexibility index (Phi) is 4.74. The van der Waals surface area contributed by atoms with E-state index in [9.17, 15) is 0 Å². The van der Waals surface area contributed by atoms with Crippen LogP contribution in [0, 0.1) is 0 Å². The number of nitrogens with zero attached hydrogens (tertiary/aromatic N) is 1. The van der Waals surface area contributed by atoms with Gasteiger partial charge in [0, 0.05) is 17.8 Å². The van der Waals surface area contributed by atoms with Crippen LogP contribution in [0.15, 0.2) is 42.6 Å². The lowest BCUT2D eigenvalue weighted by molar-refractivity contribution is 0.439. The summed E-state index contributed by atoms with van der Waals surface area (Å²) in [7, 11) is 1.93. The monoisotopic (exact) mass is 270 g/mol. The number of nitrogens with one attached hydrogen (secondary N) is 1. The molecule has 2 aromatic rings. The zero-order valence-corrected chi connectivity index (χ0v) is 12.6. The van der Waals surface area contributed by atoms with Gasteiger partial charge in [0.25, 0.3) is 0 Å². The molecule has 0 amide bonds. The van der Waals surface area contributed by atoms with Gasteiger partial charge in [0.05, 0.1) is 0 Å². The molecule has 3 heteroatoms. The van der Waals surface area contributed by atoms with Crippen molar-refractivity contribution in [3.05, 3.63) is 53.7 Å². The van der Waals surface area contributed by atoms with Crippen LogP contribution in [-0.2, 0) is 0 Å². The first-order valence-corrected chi connectivity index (χ1v) is 7.02. The lowest BCUT2D eigenvalue weighted by Gasteiger charge is -2.17. The first kappa shape index (κ1) is 14.5. The summed E-state index contributed by atoms with van der Waals surface area (Å²) < 4.78 is 6.07. The third-order valence-electron chi connectivity index (χ3n) is 3.45. The van der Waals surface area contributed by atoms with Crippen molar-refractivity contribution < 1.29 is 4.74 Å². The van der Waals surface area contributed by atoms with E-state index in [0.717, 1.165) is 11.3 Å². The van der Waals surface area contributed by atoms with E-state index < -0.39 is 0 Å². The standard InChI is InChI=1S/C17H22N2O/c1-12(2)14-8-5-6-10-16(14)20-17-15(13(3)18-4)9-7-11-19-17/h5-13,18H,1-4H3. The van der Waals surface area contributed by atoms with Crippen LogP contribution in [0.3, 0.4) is 0 Å². The number of rotatable bonds is 5. The van der Waals surface area contributed by atoms with E-state index in [1.165, 1.54) is 5.56 Å². The van der Waals surface area contributed by atoms with Crippen molar-refractivity contribution in [1.82, 2.24) is 10.3 Å². The smallest absolute Gasteiger partial charge is 0.223 e. The molecule has 1 aromatic carbocycles. The van der Waals surface area contributed by atoms with Crippen molar-refractivity contribution >= 4 is 0 Å². The third-order valence-corrected chi connectivity index (χ3v) is 3.45. The van der Waals surface area contributed by atoms with Gasteiger partial charge >= 0.3 is 0 Å². The fraction of sp³-hybridized carbons (Fsp3) is 0.353. The summed E-state index contributed by atoms with van der Waals surface area (Å²) in [5, 5.41) is 3.22. The van der Waals surface area contributed by atoms with Gasteiger partial charge in [0.2, 0.25) is 5.88 Å². The number of ether oxygens (including phenoxy) is 1. The lowest BCUT2D eigenvalue weighted by Crippen LogP contribution is -2.13. The van der Waals surface area contributed by atoms with Crippen LogP contribution >= 0.6 is 0 Å². The van der Waals surface area contributed by atoms with Crippen molar-refractivity contribution in [2.45, 2.75) is 32.7 Å². The third kappa shape index (κ3) is 3.17. The Morgan fingerprint density at radius 1 is 1.00 bits per heavy atom. The van der Waals surface area contributed by atoms with Crippen molar-refractivity contribution in [2.24, 2.45) is 0 Å². The molecule has 1 unspecified atom stereocenters. The Bertz CT molecular complexity index is 566. The minimum atomic E-state index is 0.199. The maximum Gasteiger partial charge on any atom is 0.223 e. The Labute approximate surface area is 121 Å². The second kappa shape index (κ2) is 6.53. The summed E-state index contributed by atoms with van der Waals surface area (Å²) in [6.07, 6.45) is 1.76. The minimum absolute atomic E-state index is 0.199. The Hall–Kier alpha value is -1.87. The maximum atomic E-state index is 6.07. The molecule has 2 rings (SSSR count). The van der Waals surface area contributed by atoms with E-state index >= 15 is 0 Å². The number of pyridine rings is 1. The van der Waals surface area contributed by atoms with Gasteiger partial charge in [-0.15, -0.1) is 0 Å². The maximum absolute atomic E-state index is 6.07. The molecule has 1 aromatic heterocycles. The van der Waals surface area contributed by atoms with Gasteiger partial charge in [0.1, 0.15) is 5.75 Å². The van der Waals surface area contributed by atoms with E-state index in [1.807, 2.05) is 37.4 Å². The predicted octanol–water partition coefficient (Wildman–Crippen LogP) is 4.28. The van der Waals surface area contributed by atoms with Crippen molar-refractivity contribution in [2.75, 3.05) is 7.05 Å². The van der Waals surface area contributed by atoms with Gasteiger partial charge in [-0.05, 0) is 37.6 Å². The molecule has 0 saturated heterocycles. The lowest BCUT2D eigenvalue weighted by atomic mass is 10.0. The first-order valence-electron chi connectivity index (χ1n) is 7.02. The molecule has 0 aliphatic heterocycles. The highest BCUT2D eigenvalue weighted by atomic mass is 16.5. The summed E-state index contributed by atoms with van der Waals surface area (Å²) in [6, 6.07) is 12.3. The molecule has 1 heterocycles. The summed E-state index contributed by atoms with van der Waals surface area (Å²) in [5.74, 6) is 1.97. The van der Waals surface area contributed by atoms with Crippen molar-refractivity contribution in [1.29, 1.82) is 0 Å². The van der Waals surface area contributed by atoms with Crippen LogP contribution in [0.4, 0.5) is 0 Å². The van der Waals surface area contributed by atoms with Crippen LogP contribution in [0.5, 0.6) is 11.6 Å². The molecule has 3 nitrogen and oxygen atoms in total. The highest BCUT2D eigenvalue weighted by Gasteiger charge is 2.14. The molecule has 0 spiro atoms. The van der Waals surface area contributed by atoms with Crippen LogP contribution in [0.2, 0.25) is 0 Å². The Morgan fingerprint density at radius 2 is 1.70 bits per heavy atom. The highest BCUT2D eigenvalue weighted by Crippen LogP contribution is 2.32. The normalized spacial score (nSPS) is 12.4. The van der Waals surface area contributed by atoms with Gasteiger partial charge in [-0.1, -0.05) is 38.1 Å².